The lowest BCUT2D eigenvalue weighted by molar-refractivity contribution is -0.131. The molecule has 0 aromatic carbocycles. The molecule has 1 atom stereocenters. The van der Waals surface area contributed by atoms with Crippen molar-refractivity contribution in [3.05, 3.63) is 18.1 Å². The number of nitrogens with one attached hydrogen (secondary N) is 1. The van der Waals surface area contributed by atoms with E-state index in [1.807, 2.05) is 11.8 Å². The topological polar surface area (TPSA) is 58.1 Å². The number of anilines is 1. The normalized spacial score (nSPS) is 20.2. The minimum absolute atomic E-state index is 0.238. The van der Waals surface area contributed by atoms with E-state index in [1.165, 1.54) is 0 Å². The van der Waals surface area contributed by atoms with E-state index in [2.05, 4.69) is 22.2 Å². The van der Waals surface area contributed by atoms with Gasteiger partial charge in [-0.05, 0) is 25.7 Å². The molecule has 1 unspecified atom stereocenters. The van der Waals surface area contributed by atoms with Crippen LogP contribution in [0, 0.1) is 5.92 Å². The molecule has 2 rings (SSSR count). The first-order valence-electron chi connectivity index (χ1n) is 7.01. The molecule has 0 bridgehead atoms. The van der Waals surface area contributed by atoms with Crippen LogP contribution in [0.3, 0.4) is 0 Å². The van der Waals surface area contributed by atoms with Crippen molar-refractivity contribution in [1.29, 1.82) is 0 Å². The lowest BCUT2D eigenvalue weighted by atomic mass is 10.0. The van der Waals surface area contributed by atoms with Gasteiger partial charge in [-0.3, -0.25) is 9.78 Å². The molecule has 1 aliphatic heterocycles. The number of carbonyl (C=O) groups excluding carboxylic acids is 1. The SMILES string of the molecule is CCNc1cnc(CN2CCC(C)CCC2=O)cn1. The van der Waals surface area contributed by atoms with Gasteiger partial charge in [0.15, 0.2) is 0 Å². The molecule has 1 fully saturated rings. The van der Waals surface area contributed by atoms with E-state index in [9.17, 15) is 4.79 Å². The van der Waals surface area contributed by atoms with Crippen molar-refractivity contribution >= 4 is 11.7 Å². The average molecular weight is 262 g/mol. The molecule has 1 amide bonds. The van der Waals surface area contributed by atoms with Gasteiger partial charge < -0.3 is 10.2 Å². The molecule has 0 spiro atoms. The largest absolute Gasteiger partial charge is 0.369 e. The fraction of sp³-hybridized carbons (Fsp3) is 0.643. The van der Waals surface area contributed by atoms with Gasteiger partial charge in [-0.15, -0.1) is 0 Å². The summed E-state index contributed by atoms with van der Waals surface area (Å²) in [4.78, 5) is 22.5. The van der Waals surface area contributed by atoms with Crippen molar-refractivity contribution in [2.24, 2.45) is 5.92 Å². The summed E-state index contributed by atoms with van der Waals surface area (Å²) in [6.07, 6.45) is 6.21. The summed E-state index contributed by atoms with van der Waals surface area (Å²) in [5.41, 5.74) is 0.851. The maximum atomic E-state index is 12.0. The van der Waals surface area contributed by atoms with E-state index >= 15 is 0 Å². The van der Waals surface area contributed by atoms with Crippen LogP contribution in [-0.2, 0) is 11.3 Å². The highest BCUT2D eigenvalue weighted by molar-refractivity contribution is 5.76. The minimum Gasteiger partial charge on any atom is -0.369 e. The number of hydrogen-bond acceptors (Lipinski definition) is 4. The Morgan fingerprint density at radius 1 is 1.37 bits per heavy atom. The summed E-state index contributed by atoms with van der Waals surface area (Å²) in [7, 11) is 0. The van der Waals surface area contributed by atoms with Crippen LogP contribution in [-0.4, -0.2) is 33.9 Å². The molecule has 104 valence electrons. The first kappa shape index (κ1) is 13.8. The van der Waals surface area contributed by atoms with E-state index in [-0.39, 0.29) is 5.91 Å². The summed E-state index contributed by atoms with van der Waals surface area (Å²) in [6, 6.07) is 0. The zero-order valence-corrected chi connectivity index (χ0v) is 11.7. The van der Waals surface area contributed by atoms with Gasteiger partial charge in [0, 0.05) is 19.5 Å². The van der Waals surface area contributed by atoms with E-state index < -0.39 is 0 Å². The molecule has 0 radical (unpaired) electrons. The highest BCUT2D eigenvalue weighted by Gasteiger charge is 2.20. The number of amides is 1. The second-order valence-electron chi connectivity index (χ2n) is 5.17. The Labute approximate surface area is 114 Å². The number of hydrogen-bond donors (Lipinski definition) is 1. The van der Waals surface area contributed by atoms with Crippen molar-refractivity contribution in [3.8, 4) is 0 Å². The molecule has 5 heteroatoms. The molecular formula is C14H22N4O. The Kier molecular flexibility index (Phi) is 4.71. The van der Waals surface area contributed by atoms with E-state index in [4.69, 9.17) is 0 Å². The number of rotatable bonds is 4. The molecule has 1 saturated heterocycles. The molecule has 1 N–H and O–H groups in total. The Hall–Kier alpha value is -1.65. The van der Waals surface area contributed by atoms with Gasteiger partial charge in [0.25, 0.3) is 0 Å². The molecule has 2 heterocycles. The zero-order chi connectivity index (χ0) is 13.7. The molecule has 1 aromatic rings. The number of aromatic nitrogens is 2. The third-order valence-electron chi connectivity index (χ3n) is 3.51. The summed E-state index contributed by atoms with van der Waals surface area (Å²) in [5, 5.41) is 3.11. The third-order valence-corrected chi connectivity index (χ3v) is 3.51. The van der Waals surface area contributed by atoms with Crippen LogP contribution in [0.2, 0.25) is 0 Å². The third kappa shape index (κ3) is 3.91. The van der Waals surface area contributed by atoms with Gasteiger partial charge in [0.1, 0.15) is 5.82 Å². The van der Waals surface area contributed by atoms with Crippen molar-refractivity contribution in [2.75, 3.05) is 18.4 Å². The summed E-state index contributed by atoms with van der Waals surface area (Å²) >= 11 is 0. The van der Waals surface area contributed by atoms with Crippen LogP contribution in [0.1, 0.15) is 38.8 Å². The van der Waals surface area contributed by atoms with Gasteiger partial charge in [0.05, 0.1) is 24.6 Å². The molecule has 0 aliphatic carbocycles. The van der Waals surface area contributed by atoms with Crippen molar-refractivity contribution < 1.29 is 4.79 Å². The second-order valence-corrected chi connectivity index (χ2v) is 5.17. The van der Waals surface area contributed by atoms with Gasteiger partial charge in [0.2, 0.25) is 5.91 Å². The molecule has 1 aromatic heterocycles. The Bertz CT molecular complexity index is 418. The molecule has 0 saturated carbocycles. The number of likely N-dealkylation sites (tertiary alicyclic amines) is 1. The highest BCUT2D eigenvalue weighted by atomic mass is 16.2. The van der Waals surface area contributed by atoms with Crippen LogP contribution in [0.5, 0.6) is 0 Å². The standard InChI is InChI=1S/C14H22N4O/c1-3-15-13-9-16-12(8-17-13)10-18-7-6-11(2)4-5-14(18)19/h8-9,11H,3-7,10H2,1-2H3,(H,15,17). The summed E-state index contributed by atoms with van der Waals surface area (Å²) in [5.74, 6) is 1.65. The highest BCUT2D eigenvalue weighted by Crippen LogP contribution is 2.18. The predicted molar refractivity (Wildman–Crippen MR) is 74.6 cm³/mol. The Balaban J connectivity index is 1.97. The predicted octanol–water partition coefficient (Wildman–Crippen LogP) is 2.06. The van der Waals surface area contributed by atoms with Gasteiger partial charge >= 0.3 is 0 Å². The maximum Gasteiger partial charge on any atom is 0.222 e. The lowest BCUT2D eigenvalue weighted by Gasteiger charge is -2.20. The number of carbonyl (C=O) groups is 1. The fourth-order valence-electron chi connectivity index (χ4n) is 2.24. The van der Waals surface area contributed by atoms with E-state index in [0.717, 1.165) is 37.4 Å². The Morgan fingerprint density at radius 3 is 2.89 bits per heavy atom. The van der Waals surface area contributed by atoms with Crippen LogP contribution in [0.4, 0.5) is 5.82 Å². The number of nitrogens with zero attached hydrogens (tertiary/aromatic N) is 3. The van der Waals surface area contributed by atoms with E-state index in [0.29, 0.717) is 18.9 Å². The van der Waals surface area contributed by atoms with Crippen LogP contribution >= 0.6 is 0 Å². The van der Waals surface area contributed by atoms with Crippen molar-refractivity contribution in [3.63, 3.8) is 0 Å². The second kappa shape index (κ2) is 6.50. The average Bonchev–Trinajstić information content (AvgIpc) is 2.57. The summed E-state index contributed by atoms with van der Waals surface area (Å²) < 4.78 is 0. The molecule has 19 heavy (non-hydrogen) atoms. The van der Waals surface area contributed by atoms with Crippen LogP contribution in [0.15, 0.2) is 12.4 Å². The zero-order valence-electron chi connectivity index (χ0n) is 11.7. The van der Waals surface area contributed by atoms with Crippen molar-refractivity contribution in [1.82, 2.24) is 14.9 Å². The maximum absolute atomic E-state index is 12.0. The molecule has 5 nitrogen and oxygen atoms in total. The van der Waals surface area contributed by atoms with Gasteiger partial charge in [-0.25, -0.2) is 4.98 Å². The van der Waals surface area contributed by atoms with Crippen LogP contribution < -0.4 is 5.32 Å². The first-order valence-corrected chi connectivity index (χ1v) is 7.01. The minimum atomic E-state index is 0.238. The monoisotopic (exact) mass is 262 g/mol. The first-order chi connectivity index (χ1) is 9.19. The van der Waals surface area contributed by atoms with Crippen molar-refractivity contribution in [2.45, 2.75) is 39.7 Å². The molecular weight excluding hydrogens is 240 g/mol. The van der Waals surface area contributed by atoms with E-state index in [1.54, 1.807) is 12.4 Å². The van der Waals surface area contributed by atoms with Gasteiger partial charge in [-0.2, -0.15) is 0 Å². The Morgan fingerprint density at radius 2 is 2.21 bits per heavy atom. The fourth-order valence-corrected chi connectivity index (χ4v) is 2.24. The lowest BCUT2D eigenvalue weighted by Crippen LogP contribution is -2.30. The molecule has 1 aliphatic rings. The summed E-state index contributed by atoms with van der Waals surface area (Å²) in [6.45, 7) is 6.46. The quantitative estimate of drug-likeness (QED) is 0.902. The van der Waals surface area contributed by atoms with Crippen LogP contribution in [0.25, 0.3) is 0 Å². The van der Waals surface area contributed by atoms with Gasteiger partial charge in [-0.1, -0.05) is 6.92 Å². The smallest absolute Gasteiger partial charge is 0.222 e.